The summed E-state index contributed by atoms with van der Waals surface area (Å²) in [7, 11) is 0. The first-order valence-corrected chi connectivity index (χ1v) is 8.05. The van der Waals surface area contributed by atoms with Gasteiger partial charge in [0.05, 0.1) is 0 Å². The molecule has 18 heavy (non-hydrogen) atoms. The second kappa shape index (κ2) is 5.54. The molecule has 1 aromatic carbocycles. The van der Waals surface area contributed by atoms with Crippen LogP contribution in [-0.2, 0) is 6.54 Å². The van der Waals surface area contributed by atoms with Gasteiger partial charge in [0, 0.05) is 42.4 Å². The third kappa shape index (κ3) is 3.01. The standard InChI is InChI=1S/C15H22N2S/c1-12-11-17(8-9-18-12)15-5-3-2-4-13(15)10-16-14-6-7-14/h2-5,12,14,16H,6-11H2,1H3. The lowest BCUT2D eigenvalue weighted by Crippen LogP contribution is -2.37. The summed E-state index contributed by atoms with van der Waals surface area (Å²) in [6, 6.07) is 9.68. The van der Waals surface area contributed by atoms with Crippen LogP contribution < -0.4 is 10.2 Å². The van der Waals surface area contributed by atoms with Gasteiger partial charge in [-0.2, -0.15) is 11.8 Å². The van der Waals surface area contributed by atoms with Gasteiger partial charge in [-0.25, -0.2) is 0 Å². The molecule has 0 aromatic heterocycles. The monoisotopic (exact) mass is 262 g/mol. The van der Waals surface area contributed by atoms with Gasteiger partial charge in [-0.3, -0.25) is 0 Å². The van der Waals surface area contributed by atoms with Crippen molar-refractivity contribution >= 4 is 17.4 Å². The summed E-state index contributed by atoms with van der Waals surface area (Å²) < 4.78 is 0. The van der Waals surface area contributed by atoms with Crippen molar-refractivity contribution < 1.29 is 0 Å². The minimum Gasteiger partial charge on any atom is -0.369 e. The molecule has 1 unspecified atom stereocenters. The fraction of sp³-hybridized carbons (Fsp3) is 0.600. The number of nitrogens with zero attached hydrogens (tertiary/aromatic N) is 1. The van der Waals surface area contributed by atoms with Crippen molar-refractivity contribution in [3.63, 3.8) is 0 Å². The Morgan fingerprint density at radius 3 is 2.94 bits per heavy atom. The highest BCUT2D eigenvalue weighted by molar-refractivity contribution is 8.00. The van der Waals surface area contributed by atoms with Crippen LogP contribution in [-0.4, -0.2) is 30.1 Å². The third-order valence-electron chi connectivity index (χ3n) is 3.73. The Labute approximate surface area is 114 Å². The van der Waals surface area contributed by atoms with Gasteiger partial charge in [-0.1, -0.05) is 25.1 Å². The quantitative estimate of drug-likeness (QED) is 0.898. The summed E-state index contributed by atoms with van der Waals surface area (Å²) in [5.74, 6) is 1.26. The third-order valence-corrected chi connectivity index (χ3v) is 4.87. The summed E-state index contributed by atoms with van der Waals surface area (Å²) in [6.45, 7) is 5.74. The predicted molar refractivity (Wildman–Crippen MR) is 80.4 cm³/mol. The Bertz CT molecular complexity index is 403. The van der Waals surface area contributed by atoms with Crippen molar-refractivity contribution in [3.05, 3.63) is 29.8 Å². The fourth-order valence-electron chi connectivity index (χ4n) is 2.55. The maximum atomic E-state index is 3.63. The molecule has 0 bridgehead atoms. The lowest BCUT2D eigenvalue weighted by atomic mass is 10.1. The number of thioether (sulfide) groups is 1. The van der Waals surface area contributed by atoms with Crippen LogP contribution in [0.15, 0.2) is 24.3 Å². The van der Waals surface area contributed by atoms with E-state index in [0.29, 0.717) is 0 Å². The van der Waals surface area contributed by atoms with Crippen molar-refractivity contribution in [1.29, 1.82) is 0 Å². The Hall–Kier alpha value is -0.670. The Morgan fingerprint density at radius 2 is 2.17 bits per heavy atom. The maximum Gasteiger partial charge on any atom is 0.0412 e. The van der Waals surface area contributed by atoms with E-state index < -0.39 is 0 Å². The SMILES string of the molecule is CC1CN(c2ccccc2CNC2CC2)CCS1. The number of rotatable bonds is 4. The van der Waals surface area contributed by atoms with E-state index in [4.69, 9.17) is 0 Å². The van der Waals surface area contributed by atoms with E-state index in [-0.39, 0.29) is 0 Å². The molecule has 0 radical (unpaired) electrons. The minimum atomic E-state index is 0.753. The molecule has 2 aliphatic rings. The molecule has 1 aromatic rings. The average Bonchev–Trinajstić information content (AvgIpc) is 3.21. The first-order valence-electron chi connectivity index (χ1n) is 7.01. The molecule has 98 valence electrons. The van der Waals surface area contributed by atoms with Gasteiger partial charge in [-0.15, -0.1) is 0 Å². The summed E-state index contributed by atoms with van der Waals surface area (Å²) in [5.41, 5.74) is 2.90. The summed E-state index contributed by atoms with van der Waals surface area (Å²) >= 11 is 2.09. The molecule has 1 aliphatic carbocycles. The van der Waals surface area contributed by atoms with Gasteiger partial charge in [0.2, 0.25) is 0 Å². The molecule has 0 amide bonds. The molecule has 1 saturated carbocycles. The van der Waals surface area contributed by atoms with Gasteiger partial charge in [-0.05, 0) is 24.5 Å². The zero-order valence-electron chi connectivity index (χ0n) is 11.1. The van der Waals surface area contributed by atoms with Crippen LogP contribution >= 0.6 is 11.8 Å². The number of nitrogens with one attached hydrogen (secondary N) is 1. The van der Waals surface area contributed by atoms with Crippen LogP contribution in [0.2, 0.25) is 0 Å². The van der Waals surface area contributed by atoms with Crippen LogP contribution in [0.3, 0.4) is 0 Å². The van der Waals surface area contributed by atoms with Crippen LogP contribution in [0.1, 0.15) is 25.3 Å². The van der Waals surface area contributed by atoms with Crippen LogP contribution in [0, 0.1) is 0 Å². The van der Waals surface area contributed by atoms with Crippen molar-refractivity contribution in [1.82, 2.24) is 5.32 Å². The van der Waals surface area contributed by atoms with Crippen LogP contribution in [0.4, 0.5) is 5.69 Å². The van der Waals surface area contributed by atoms with Gasteiger partial charge >= 0.3 is 0 Å². The molecule has 1 N–H and O–H groups in total. The second-order valence-corrected chi connectivity index (χ2v) is 6.96. The summed E-state index contributed by atoms with van der Waals surface area (Å²) in [5, 5.41) is 4.38. The van der Waals surface area contributed by atoms with Gasteiger partial charge < -0.3 is 10.2 Å². The number of hydrogen-bond donors (Lipinski definition) is 1. The highest BCUT2D eigenvalue weighted by Crippen LogP contribution is 2.27. The largest absolute Gasteiger partial charge is 0.369 e. The zero-order valence-corrected chi connectivity index (χ0v) is 11.9. The van der Waals surface area contributed by atoms with Gasteiger partial charge in [0.15, 0.2) is 0 Å². The molecule has 1 aliphatic heterocycles. The average molecular weight is 262 g/mol. The second-order valence-electron chi connectivity index (χ2n) is 5.41. The van der Waals surface area contributed by atoms with E-state index in [9.17, 15) is 0 Å². The van der Waals surface area contributed by atoms with E-state index in [0.717, 1.165) is 17.8 Å². The first-order chi connectivity index (χ1) is 8.83. The smallest absolute Gasteiger partial charge is 0.0412 e. The molecule has 2 nitrogen and oxygen atoms in total. The van der Waals surface area contributed by atoms with E-state index in [2.05, 4.69) is 53.2 Å². The molecule has 1 atom stereocenters. The number of benzene rings is 1. The van der Waals surface area contributed by atoms with Crippen molar-refractivity contribution in [2.24, 2.45) is 0 Å². The lowest BCUT2D eigenvalue weighted by Gasteiger charge is -2.33. The van der Waals surface area contributed by atoms with E-state index in [1.807, 2.05) is 0 Å². The molecule has 3 rings (SSSR count). The molecule has 1 saturated heterocycles. The molecule has 3 heteroatoms. The Kier molecular flexibility index (Phi) is 3.80. The predicted octanol–water partition coefficient (Wildman–Crippen LogP) is 2.88. The van der Waals surface area contributed by atoms with Crippen LogP contribution in [0.5, 0.6) is 0 Å². The van der Waals surface area contributed by atoms with Crippen LogP contribution in [0.25, 0.3) is 0 Å². The Morgan fingerprint density at radius 1 is 1.33 bits per heavy atom. The minimum absolute atomic E-state index is 0.753. The van der Waals surface area contributed by atoms with E-state index in [1.54, 1.807) is 0 Å². The summed E-state index contributed by atoms with van der Waals surface area (Å²) in [6.07, 6.45) is 2.72. The number of para-hydroxylation sites is 1. The number of anilines is 1. The first kappa shape index (κ1) is 12.4. The molecule has 1 heterocycles. The van der Waals surface area contributed by atoms with Gasteiger partial charge in [0.25, 0.3) is 0 Å². The van der Waals surface area contributed by atoms with Crippen molar-refractivity contribution in [3.8, 4) is 0 Å². The molecular formula is C15H22N2S. The van der Waals surface area contributed by atoms with E-state index >= 15 is 0 Å². The molecular weight excluding hydrogens is 240 g/mol. The molecule has 2 fully saturated rings. The molecule has 0 spiro atoms. The normalized spacial score (nSPS) is 24.3. The van der Waals surface area contributed by atoms with Crippen molar-refractivity contribution in [2.45, 2.75) is 37.6 Å². The highest BCUT2D eigenvalue weighted by atomic mass is 32.2. The topological polar surface area (TPSA) is 15.3 Å². The Balaban J connectivity index is 1.72. The fourth-order valence-corrected chi connectivity index (χ4v) is 3.56. The van der Waals surface area contributed by atoms with Gasteiger partial charge in [0.1, 0.15) is 0 Å². The zero-order chi connectivity index (χ0) is 12.4. The maximum absolute atomic E-state index is 3.63. The van der Waals surface area contributed by atoms with Crippen molar-refractivity contribution in [2.75, 3.05) is 23.7 Å². The number of hydrogen-bond acceptors (Lipinski definition) is 3. The summed E-state index contributed by atoms with van der Waals surface area (Å²) in [4.78, 5) is 2.56. The highest BCUT2D eigenvalue weighted by Gasteiger charge is 2.22. The lowest BCUT2D eigenvalue weighted by molar-refractivity contribution is 0.682. The van der Waals surface area contributed by atoms with E-state index in [1.165, 1.54) is 42.9 Å².